The van der Waals surface area contributed by atoms with Crippen molar-refractivity contribution in [2.75, 3.05) is 0 Å². The van der Waals surface area contributed by atoms with E-state index in [1.165, 1.54) is 0 Å². The van der Waals surface area contributed by atoms with Crippen molar-refractivity contribution in [3.8, 4) is 0 Å². The summed E-state index contributed by atoms with van der Waals surface area (Å²) in [7, 11) is -2.46. The number of thiol groups is 1. The summed E-state index contributed by atoms with van der Waals surface area (Å²) in [6.07, 6.45) is 1.76. The van der Waals surface area contributed by atoms with E-state index in [0.717, 1.165) is 11.8 Å². The highest BCUT2D eigenvalue weighted by molar-refractivity contribution is 8.15. The lowest BCUT2D eigenvalue weighted by molar-refractivity contribution is 0.621. The molecule has 0 saturated carbocycles. The first-order valence-electron chi connectivity index (χ1n) is 2.29. The Morgan fingerprint density at radius 2 is 2.22 bits per heavy atom. The van der Waals surface area contributed by atoms with Gasteiger partial charge in [0.05, 0.1) is 4.24 Å². The van der Waals surface area contributed by atoms with Crippen LogP contribution in [0.5, 0.6) is 0 Å². The summed E-state index contributed by atoms with van der Waals surface area (Å²) in [6.45, 7) is 5.12. The SMILES string of the molecule is C=C(S/C=C\C)[SH](=O)=O. The molecule has 0 aliphatic carbocycles. The summed E-state index contributed by atoms with van der Waals surface area (Å²) in [5, 5.41) is 1.67. The summed E-state index contributed by atoms with van der Waals surface area (Å²) in [5.74, 6) is 0. The van der Waals surface area contributed by atoms with Gasteiger partial charge in [-0.15, -0.1) is 0 Å². The molecular formula is C5H8O2S2. The molecule has 0 amide bonds. The van der Waals surface area contributed by atoms with Crippen LogP contribution in [0.2, 0.25) is 0 Å². The fourth-order valence-electron chi connectivity index (χ4n) is 0.190. The summed E-state index contributed by atoms with van der Waals surface area (Å²) in [5.41, 5.74) is 0. The molecule has 0 bridgehead atoms. The van der Waals surface area contributed by atoms with E-state index in [2.05, 4.69) is 6.58 Å². The van der Waals surface area contributed by atoms with E-state index >= 15 is 0 Å². The van der Waals surface area contributed by atoms with E-state index in [1.807, 2.05) is 6.92 Å². The molecule has 9 heavy (non-hydrogen) atoms. The molecule has 0 heterocycles. The topological polar surface area (TPSA) is 34.1 Å². The molecule has 52 valence electrons. The first-order chi connectivity index (χ1) is 4.18. The quantitative estimate of drug-likeness (QED) is 0.639. The average molecular weight is 164 g/mol. The third-order valence-electron chi connectivity index (χ3n) is 0.544. The van der Waals surface area contributed by atoms with Crippen LogP contribution in [0.4, 0.5) is 0 Å². The van der Waals surface area contributed by atoms with E-state index in [9.17, 15) is 8.42 Å². The molecule has 0 aromatic rings. The Morgan fingerprint density at radius 1 is 1.67 bits per heavy atom. The maximum absolute atomic E-state index is 10.1. The van der Waals surface area contributed by atoms with Gasteiger partial charge in [-0.2, -0.15) is 0 Å². The van der Waals surface area contributed by atoms with Crippen LogP contribution < -0.4 is 0 Å². The van der Waals surface area contributed by atoms with Gasteiger partial charge in [-0.25, -0.2) is 8.42 Å². The van der Waals surface area contributed by atoms with Crippen molar-refractivity contribution in [1.29, 1.82) is 0 Å². The van der Waals surface area contributed by atoms with Crippen molar-refractivity contribution >= 4 is 22.5 Å². The van der Waals surface area contributed by atoms with Crippen LogP contribution in [0.15, 0.2) is 22.3 Å². The lowest BCUT2D eigenvalue weighted by Gasteiger charge is -1.85. The standard InChI is InChI=1S/C5H8O2S2/c1-3-4-8-5(2)9(6)7/h3-4,9H,2H2,1H3/b4-3-. The number of rotatable bonds is 3. The molecule has 0 aromatic carbocycles. The smallest absolute Gasteiger partial charge is 0.174 e. The lowest BCUT2D eigenvalue weighted by atomic mass is 10.8. The van der Waals surface area contributed by atoms with Gasteiger partial charge in [-0.05, 0) is 12.3 Å². The minimum absolute atomic E-state index is 0.183. The van der Waals surface area contributed by atoms with E-state index in [-0.39, 0.29) is 4.24 Å². The van der Waals surface area contributed by atoms with Crippen molar-refractivity contribution in [3.63, 3.8) is 0 Å². The lowest BCUT2D eigenvalue weighted by Crippen LogP contribution is -1.71. The van der Waals surface area contributed by atoms with Gasteiger partial charge in [0.1, 0.15) is 0 Å². The van der Waals surface area contributed by atoms with Crippen LogP contribution >= 0.6 is 11.8 Å². The molecule has 0 N–H and O–H groups in total. The summed E-state index contributed by atoms with van der Waals surface area (Å²) in [6, 6.07) is 0. The zero-order valence-electron chi connectivity index (χ0n) is 5.03. The second-order valence-electron chi connectivity index (χ2n) is 1.24. The van der Waals surface area contributed by atoms with Gasteiger partial charge in [0, 0.05) is 0 Å². The minimum atomic E-state index is -2.46. The van der Waals surface area contributed by atoms with E-state index < -0.39 is 10.7 Å². The van der Waals surface area contributed by atoms with Crippen molar-refractivity contribution in [2.24, 2.45) is 0 Å². The molecule has 0 aliphatic heterocycles. The molecule has 0 aromatic heterocycles. The van der Waals surface area contributed by atoms with Gasteiger partial charge < -0.3 is 0 Å². The predicted octanol–water partition coefficient (Wildman–Crippen LogP) is 1.34. The van der Waals surface area contributed by atoms with Crippen molar-refractivity contribution in [3.05, 3.63) is 22.3 Å². The maximum Gasteiger partial charge on any atom is 0.174 e. The molecule has 0 radical (unpaired) electrons. The summed E-state index contributed by atoms with van der Waals surface area (Å²) in [4.78, 5) is 0. The fraction of sp³-hybridized carbons (Fsp3) is 0.200. The fourth-order valence-corrected chi connectivity index (χ4v) is 1.01. The Balaban J connectivity index is 3.79. The van der Waals surface area contributed by atoms with E-state index in [0.29, 0.717) is 0 Å². The van der Waals surface area contributed by atoms with Crippen molar-refractivity contribution in [2.45, 2.75) is 6.92 Å². The third-order valence-corrected chi connectivity index (χ3v) is 2.39. The van der Waals surface area contributed by atoms with Crippen LogP contribution in [-0.2, 0) is 10.7 Å². The normalized spacial score (nSPS) is 10.9. The van der Waals surface area contributed by atoms with Crippen LogP contribution in [0.25, 0.3) is 0 Å². The molecule has 0 spiro atoms. The molecular weight excluding hydrogens is 156 g/mol. The summed E-state index contributed by atoms with van der Waals surface area (Å²) < 4.78 is 20.4. The Morgan fingerprint density at radius 3 is 2.56 bits per heavy atom. The van der Waals surface area contributed by atoms with Crippen LogP contribution in [0.1, 0.15) is 6.92 Å². The highest BCUT2D eigenvalue weighted by atomic mass is 32.2. The number of thioether (sulfide) groups is 1. The molecule has 0 rings (SSSR count). The largest absolute Gasteiger partial charge is 0.226 e. The molecule has 0 atom stereocenters. The van der Waals surface area contributed by atoms with Crippen molar-refractivity contribution < 1.29 is 8.42 Å². The molecule has 0 saturated heterocycles. The second-order valence-corrected chi connectivity index (χ2v) is 3.60. The van der Waals surface area contributed by atoms with Gasteiger partial charge in [0.15, 0.2) is 10.7 Å². The van der Waals surface area contributed by atoms with E-state index in [4.69, 9.17) is 0 Å². The average Bonchev–Trinajstić information content (AvgIpc) is 1.82. The monoisotopic (exact) mass is 164 g/mol. The molecule has 2 nitrogen and oxygen atoms in total. The number of hydrogen-bond acceptors (Lipinski definition) is 3. The van der Waals surface area contributed by atoms with Gasteiger partial charge in [-0.1, -0.05) is 24.4 Å². The maximum atomic E-state index is 10.1. The minimum Gasteiger partial charge on any atom is -0.226 e. The first-order valence-corrected chi connectivity index (χ1v) is 4.35. The highest BCUT2D eigenvalue weighted by Gasteiger charge is 1.90. The van der Waals surface area contributed by atoms with Crippen LogP contribution in [0, 0.1) is 0 Å². The van der Waals surface area contributed by atoms with Crippen LogP contribution in [-0.4, -0.2) is 8.42 Å². The molecule has 0 aliphatic rings. The Bertz CT molecular complexity index is 183. The zero-order chi connectivity index (χ0) is 7.28. The van der Waals surface area contributed by atoms with Gasteiger partial charge in [-0.3, -0.25) is 0 Å². The molecule has 4 heteroatoms. The molecule has 0 fully saturated rings. The highest BCUT2D eigenvalue weighted by Crippen LogP contribution is 2.14. The summed E-state index contributed by atoms with van der Waals surface area (Å²) >= 11 is 1.11. The van der Waals surface area contributed by atoms with E-state index in [1.54, 1.807) is 11.5 Å². The zero-order valence-corrected chi connectivity index (χ0v) is 6.74. The van der Waals surface area contributed by atoms with Gasteiger partial charge in [0.2, 0.25) is 0 Å². The number of allylic oxidation sites excluding steroid dienone is 1. The van der Waals surface area contributed by atoms with Crippen LogP contribution in [0.3, 0.4) is 0 Å². The van der Waals surface area contributed by atoms with Gasteiger partial charge in [0.25, 0.3) is 0 Å². The second kappa shape index (κ2) is 4.64. The first kappa shape index (κ1) is 8.78. The Hall–Kier alpha value is -0.220. The predicted molar refractivity (Wildman–Crippen MR) is 41.9 cm³/mol. The van der Waals surface area contributed by atoms with Crippen molar-refractivity contribution in [1.82, 2.24) is 0 Å². The third kappa shape index (κ3) is 4.29. The Labute approximate surface area is 60.6 Å². The number of hydrogen-bond donors (Lipinski definition) is 1. The molecule has 0 unspecified atom stereocenters. The van der Waals surface area contributed by atoms with Gasteiger partial charge >= 0.3 is 0 Å². The Kier molecular flexibility index (Phi) is 4.53.